The van der Waals surface area contributed by atoms with Gasteiger partial charge in [-0.15, -0.1) is 0 Å². The molecule has 5 heteroatoms. The molecular formula is C29H42O5. The molecular weight excluding hydrogens is 428 g/mol. The van der Waals surface area contributed by atoms with Crippen molar-refractivity contribution in [1.29, 1.82) is 0 Å². The molecule has 1 atom stereocenters. The van der Waals surface area contributed by atoms with Crippen LogP contribution in [0.25, 0.3) is 0 Å². The maximum absolute atomic E-state index is 12.4. The molecule has 5 nitrogen and oxygen atoms in total. The van der Waals surface area contributed by atoms with Gasteiger partial charge in [-0.1, -0.05) is 88.1 Å². The molecule has 0 fully saturated rings. The Morgan fingerprint density at radius 3 is 2.15 bits per heavy atom. The first-order chi connectivity index (χ1) is 16.6. The third kappa shape index (κ3) is 13.8. The molecule has 0 spiro atoms. The lowest BCUT2D eigenvalue weighted by molar-refractivity contribution is -0.147. The van der Waals surface area contributed by atoms with Crippen LogP contribution in [-0.2, 0) is 9.53 Å². The summed E-state index contributed by atoms with van der Waals surface area (Å²) in [6, 6.07) is 6.13. The third-order valence-corrected chi connectivity index (χ3v) is 5.33. The van der Waals surface area contributed by atoms with Crippen LogP contribution in [0.4, 0.5) is 0 Å². The van der Waals surface area contributed by atoms with E-state index in [0.29, 0.717) is 13.0 Å². The molecule has 1 aromatic carbocycles. The predicted molar refractivity (Wildman–Crippen MR) is 138 cm³/mol. The highest BCUT2D eigenvalue weighted by molar-refractivity contribution is 5.92. The summed E-state index contributed by atoms with van der Waals surface area (Å²) in [5, 5.41) is 9.21. The molecule has 188 valence electrons. The zero-order chi connectivity index (χ0) is 24.9. The Bertz CT molecular complexity index is 778. The fourth-order valence-electron chi connectivity index (χ4n) is 3.38. The lowest BCUT2D eigenvalue weighted by Crippen LogP contribution is -2.29. The highest BCUT2D eigenvalue weighted by atomic mass is 16.6. The Hall–Kier alpha value is -2.66. The van der Waals surface area contributed by atoms with Gasteiger partial charge in [0.25, 0.3) is 0 Å². The molecule has 0 amide bonds. The lowest BCUT2D eigenvalue weighted by Gasteiger charge is -2.16. The number of aromatic carboxylic acids is 1. The normalized spacial score (nSPS) is 12.6. The number of carbonyl (C=O) groups is 2. The average Bonchev–Trinajstić information content (AvgIpc) is 2.83. The molecule has 1 rings (SSSR count). The first-order valence-corrected chi connectivity index (χ1v) is 12.7. The summed E-state index contributed by atoms with van der Waals surface area (Å²) < 4.78 is 11.0. The Labute approximate surface area is 205 Å². The lowest BCUT2D eigenvalue weighted by atomic mass is 10.1. The Kier molecular flexibility index (Phi) is 17.1. The molecule has 0 saturated heterocycles. The van der Waals surface area contributed by atoms with Crippen molar-refractivity contribution in [3.05, 3.63) is 66.3 Å². The molecule has 0 radical (unpaired) electrons. The first kappa shape index (κ1) is 29.4. The van der Waals surface area contributed by atoms with Crippen molar-refractivity contribution in [2.45, 2.75) is 90.6 Å². The smallest absolute Gasteiger partial charge is 0.340 e. The maximum atomic E-state index is 12.4. The van der Waals surface area contributed by atoms with Crippen molar-refractivity contribution >= 4 is 11.9 Å². The summed E-state index contributed by atoms with van der Waals surface area (Å²) in [4.78, 5) is 23.6. The number of rotatable bonds is 19. The maximum Gasteiger partial charge on any atom is 0.340 e. The van der Waals surface area contributed by atoms with Crippen LogP contribution in [0.15, 0.2) is 60.7 Å². The van der Waals surface area contributed by atoms with Gasteiger partial charge in [0, 0.05) is 6.61 Å². The Morgan fingerprint density at radius 2 is 1.47 bits per heavy atom. The van der Waals surface area contributed by atoms with E-state index in [9.17, 15) is 14.7 Å². The molecule has 0 aliphatic rings. The second kappa shape index (κ2) is 19.8. The van der Waals surface area contributed by atoms with Gasteiger partial charge in [0.2, 0.25) is 0 Å². The fraction of sp³-hybridized carbons (Fsp3) is 0.517. The number of unbranched alkanes of at least 4 members (excludes halogenated alkanes) is 6. The number of esters is 1. The molecule has 1 aromatic rings. The van der Waals surface area contributed by atoms with Crippen LogP contribution in [0.1, 0.15) is 94.8 Å². The monoisotopic (exact) mass is 470 g/mol. The number of hydrogen-bond donors (Lipinski definition) is 1. The van der Waals surface area contributed by atoms with E-state index in [4.69, 9.17) is 9.47 Å². The molecule has 0 heterocycles. The van der Waals surface area contributed by atoms with E-state index in [1.165, 1.54) is 31.4 Å². The van der Waals surface area contributed by atoms with Gasteiger partial charge < -0.3 is 14.6 Å². The van der Waals surface area contributed by atoms with Gasteiger partial charge in [0.15, 0.2) is 6.10 Å². The number of carbonyl (C=O) groups excluding carboxylic acids is 1. The van der Waals surface area contributed by atoms with Crippen LogP contribution in [0.2, 0.25) is 0 Å². The second-order valence-electron chi connectivity index (χ2n) is 8.19. The zero-order valence-electron chi connectivity index (χ0n) is 20.9. The number of ether oxygens (including phenoxy) is 2. The van der Waals surface area contributed by atoms with Gasteiger partial charge in [-0.25, -0.2) is 9.59 Å². The molecule has 34 heavy (non-hydrogen) atoms. The second-order valence-corrected chi connectivity index (χ2v) is 8.19. The molecule has 0 aromatic heterocycles. The number of para-hydroxylation sites is 1. The van der Waals surface area contributed by atoms with Crippen molar-refractivity contribution < 1.29 is 24.2 Å². The van der Waals surface area contributed by atoms with E-state index in [2.05, 4.69) is 43.4 Å². The van der Waals surface area contributed by atoms with Crippen LogP contribution in [0.5, 0.6) is 5.75 Å². The van der Waals surface area contributed by atoms with E-state index < -0.39 is 18.0 Å². The number of hydrogen-bond acceptors (Lipinski definition) is 4. The van der Waals surface area contributed by atoms with Crippen LogP contribution in [-0.4, -0.2) is 29.8 Å². The van der Waals surface area contributed by atoms with E-state index in [-0.39, 0.29) is 11.3 Å². The van der Waals surface area contributed by atoms with E-state index >= 15 is 0 Å². The number of allylic oxidation sites excluding steroid dienone is 6. The summed E-state index contributed by atoms with van der Waals surface area (Å²) in [6.45, 7) is 4.50. The summed E-state index contributed by atoms with van der Waals surface area (Å²) in [5.74, 6) is -1.63. The molecule has 1 unspecified atom stereocenters. The minimum atomic E-state index is -1.13. The zero-order valence-corrected chi connectivity index (χ0v) is 20.9. The summed E-state index contributed by atoms with van der Waals surface area (Å²) >= 11 is 0. The summed E-state index contributed by atoms with van der Waals surface area (Å²) in [7, 11) is 0. The van der Waals surface area contributed by atoms with Crippen molar-refractivity contribution in [2.75, 3.05) is 6.61 Å². The molecule has 0 aliphatic carbocycles. The van der Waals surface area contributed by atoms with Gasteiger partial charge in [0.1, 0.15) is 11.3 Å². The van der Waals surface area contributed by atoms with Crippen molar-refractivity contribution in [2.24, 2.45) is 0 Å². The van der Waals surface area contributed by atoms with Crippen LogP contribution >= 0.6 is 0 Å². The van der Waals surface area contributed by atoms with Crippen LogP contribution in [0.3, 0.4) is 0 Å². The van der Waals surface area contributed by atoms with E-state index in [1.807, 2.05) is 6.92 Å². The van der Waals surface area contributed by atoms with Crippen LogP contribution < -0.4 is 4.74 Å². The van der Waals surface area contributed by atoms with Gasteiger partial charge >= 0.3 is 11.9 Å². The highest BCUT2D eigenvalue weighted by Gasteiger charge is 2.21. The highest BCUT2D eigenvalue weighted by Crippen LogP contribution is 2.19. The number of carboxylic acid groups (broad SMARTS) is 1. The van der Waals surface area contributed by atoms with Gasteiger partial charge in [-0.2, -0.15) is 0 Å². The van der Waals surface area contributed by atoms with E-state index in [0.717, 1.165) is 44.9 Å². The molecule has 0 bridgehead atoms. The minimum absolute atomic E-state index is 0.0338. The predicted octanol–water partition coefficient (Wildman–Crippen LogP) is 7.67. The summed E-state index contributed by atoms with van der Waals surface area (Å²) in [6.07, 6.45) is 24.2. The van der Waals surface area contributed by atoms with Gasteiger partial charge in [-0.05, 0) is 57.1 Å². The molecule has 0 saturated carbocycles. The SMILES string of the molecule is CCC=CCC=CCC=CCCCCCCCCOC(CC)C(=O)Oc1ccccc1C(=O)O. The topological polar surface area (TPSA) is 72.8 Å². The fourth-order valence-corrected chi connectivity index (χ4v) is 3.38. The standard InChI is InChI=1S/C29H42O5/c1-3-5-6-7-8-9-10-11-12-13-14-15-16-17-18-21-24-33-26(4-2)29(32)34-27-23-20-19-22-25(27)28(30)31/h5-6,8-9,11-12,19-20,22-23,26H,3-4,7,10,13-18,21,24H2,1-2H3,(H,30,31). The van der Waals surface area contributed by atoms with Crippen molar-refractivity contribution in [3.63, 3.8) is 0 Å². The Morgan fingerprint density at radius 1 is 0.853 bits per heavy atom. The van der Waals surface area contributed by atoms with Crippen molar-refractivity contribution in [3.8, 4) is 5.75 Å². The Balaban J connectivity index is 2.08. The molecule has 0 aliphatic heterocycles. The van der Waals surface area contributed by atoms with Gasteiger partial charge in [0.05, 0.1) is 0 Å². The van der Waals surface area contributed by atoms with E-state index in [1.54, 1.807) is 12.1 Å². The number of carboxylic acids is 1. The third-order valence-electron chi connectivity index (χ3n) is 5.33. The molecule has 1 N–H and O–H groups in total. The van der Waals surface area contributed by atoms with Crippen LogP contribution in [0, 0.1) is 0 Å². The largest absolute Gasteiger partial charge is 0.478 e. The minimum Gasteiger partial charge on any atom is -0.478 e. The number of benzene rings is 1. The first-order valence-electron chi connectivity index (χ1n) is 12.7. The quantitative estimate of drug-likeness (QED) is 0.0971. The van der Waals surface area contributed by atoms with Crippen molar-refractivity contribution in [1.82, 2.24) is 0 Å². The summed E-state index contributed by atoms with van der Waals surface area (Å²) in [5.41, 5.74) is -0.0338. The average molecular weight is 471 g/mol. The van der Waals surface area contributed by atoms with Gasteiger partial charge in [-0.3, -0.25) is 0 Å².